The van der Waals surface area contributed by atoms with Gasteiger partial charge in [0.2, 0.25) is 5.91 Å². The molecule has 94 valence electrons. The van der Waals surface area contributed by atoms with Crippen LogP contribution >= 0.6 is 0 Å². The van der Waals surface area contributed by atoms with Crippen LogP contribution in [0, 0.1) is 0 Å². The number of rotatable bonds is 4. The van der Waals surface area contributed by atoms with Crippen LogP contribution in [-0.4, -0.2) is 24.3 Å². The van der Waals surface area contributed by atoms with E-state index in [9.17, 15) is 13.2 Å². The van der Waals surface area contributed by atoms with Gasteiger partial charge in [-0.3, -0.25) is 9.52 Å². The van der Waals surface area contributed by atoms with Crippen molar-refractivity contribution in [1.29, 1.82) is 0 Å². The average molecular weight is 266 g/mol. The number of carbonyl (C=O) groups excluding carboxylic acids is 1. The van der Waals surface area contributed by atoms with Crippen LogP contribution in [0.1, 0.15) is 10.4 Å². The second-order valence-corrected chi connectivity index (χ2v) is 5.12. The number of nitrogens with zero attached hydrogens (tertiary/aromatic N) is 1. The minimum Gasteiger partial charge on any atom is -0.366 e. The van der Waals surface area contributed by atoms with Crippen LogP contribution in [0.5, 0.6) is 0 Å². The Balaban J connectivity index is 2.30. The van der Waals surface area contributed by atoms with Gasteiger partial charge in [0.05, 0.1) is 12.5 Å². The van der Waals surface area contributed by atoms with Crippen LogP contribution < -0.4 is 10.5 Å². The molecule has 0 spiro atoms. The highest BCUT2D eigenvalue weighted by molar-refractivity contribution is 7.92. The molecule has 0 aliphatic rings. The number of aromatic amines is 1. The van der Waals surface area contributed by atoms with E-state index in [1.54, 1.807) is 0 Å². The summed E-state index contributed by atoms with van der Waals surface area (Å²) in [7, 11) is -3.73. The second kappa shape index (κ2) is 4.49. The van der Waals surface area contributed by atoms with Crippen molar-refractivity contribution < 1.29 is 13.2 Å². The fourth-order valence-corrected chi connectivity index (χ4v) is 2.29. The highest BCUT2D eigenvalue weighted by atomic mass is 32.2. The van der Waals surface area contributed by atoms with Gasteiger partial charge in [-0.05, 0) is 18.2 Å². The van der Waals surface area contributed by atoms with E-state index in [0.717, 1.165) is 0 Å². The summed E-state index contributed by atoms with van der Waals surface area (Å²) in [6, 6.07) is 5.90. The lowest BCUT2D eigenvalue weighted by Crippen LogP contribution is -2.15. The van der Waals surface area contributed by atoms with Crippen LogP contribution in [0.2, 0.25) is 0 Å². The Bertz CT molecular complexity index is 664. The number of nitrogens with one attached hydrogen (secondary N) is 2. The third-order valence-corrected chi connectivity index (χ3v) is 3.47. The molecule has 0 bridgehead atoms. The van der Waals surface area contributed by atoms with Crippen molar-refractivity contribution in [2.24, 2.45) is 5.73 Å². The minimum absolute atomic E-state index is 0.0630. The topological polar surface area (TPSA) is 118 Å². The molecule has 18 heavy (non-hydrogen) atoms. The van der Waals surface area contributed by atoms with Crippen LogP contribution in [0.15, 0.2) is 41.8 Å². The van der Waals surface area contributed by atoms with Gasteiger partial charge in [-0.2, -0.15) is 8.42 Å². The van der Waals surface area contributed by atoms with Crippen molar-refractivity contribution >= 4 is 21.6 Å². The molecule has 2 rings (SSSR count). The zero-order valence-corrected chi connectivity index (χ0v) is 9.94. The average Bonchev–Trinajstić information content (AvgIpc) is 2.82. The smallest absolute Gasteiger partial charge is 0.278 e. The predicted molar refractivity (Wildman–Crippen MR) is 64.4 cm³/mol. The molecule has 2 aromatic rings. The number of aromatic nitrogens is 2. The molecular formula is C10H10N4O3S. The first-order valence-electron chi connectivity index (χ1n) is 4.90. The molecule has 7 nitrogen and oxygen atoms in total. The van der Waals surface area contributed by atoms with Crippen molar-refractivity contribution in [1.82, 2.24) is 9.97 Å². The standard InChI is InChI=1S/C10H10N4O3S/c11-10(15)7-2-1-3-8(4-7)14-18(16,17)9-5-12-6-13-9/h1-6,14H,(H2,11,15)(H,12,13). The van der Waals surface area contributed by atoms with Crippen molar-refractivity contribution in [2.45, 2.75) is 5.03 Å². The summed E-state index contributed by atoms with van der Waals surface area (Å²) in [5.74, 6) is -0.627. The quantitative estimate of drug-likeness (QED) is 0.737. The van der Waals surface area contributed by atoms with E-state index >= 15 is 0 Å². The zero-order valence-electron chi connectivity index (χ0n) is 9.12. The summed E-state index contributed by atoms with van der Waals surface area (Å²) < 4.78 is 26.0. The number of H-pyrrole nitrogens is 1. The Morgan fingerprint density at radius 3 is 2.78 bits per heavy atom. The molecule has 0 unspecified atom stereocenters. The fraction of sp³-hybridized carbons (Fsp3) is 0. The van der Waals surface area contributed by atoms with E-state index in [1.807, 2.05) is 0 Å². The van der Waals surface area contributed by atoms with E-state index < -0.39 is 15.9 Å². The minimum atomic E-state index is -3.73. The van der Waals surface area contributed by atoms with E-state index in [1.165, 1.54) is 36.8 Å². The van der Waals surface area contributed by atoms with Gasteiger partial charge in [-0.15, -0.1) is 0 Å². The first kappa shape index (κ1) is 12.1. The monoisotopic (exact) mass is 266 g/mol. The Labute approximate surface area is 103 Å². The summed E-state index contributed by atoms with van der Waals surface area (Å²) in [5, 5.41) is -0.0630. The molecule has 0 radical (unpaired) electrons. The molecule has 0 aliphatic carbocycles. The Hall–Kier alpha value is -2.35. The molecule has 8 heteroatoms. The van der Waals surface area contributed by atoms with Crippen molar-refractivity contribution in [3.63, 3.8) is 0 Å². The number of carbonyl (C=O) groups is 1. The zero-order chi connectivity index (χ0) is 13.2. The van der Waals surface area contributed by atoms with Crippen LogP contribution in [-0.2, 0) is 10.0 Å². The molecule has 0 saturated heterocycles. The van der Waals surface area contributed by atoms with E-state index in [4.69, 9.17) is 5.73 Å². The van der Waals surface area contributed by atoms with Gasteiger partial charge >= 0.3 is 0 Å². The largest absolute Gasteiger partial charge is 0.366 e. The number of nitrogens with two attached hydrogens (primary N) is 1. The van der Waals surface area contributed by atoms with Gasteiger partial charge in [0.15, 0.2) is 5.03 Å². The summed E-state index contributed by atoms with van der Waals surface area (Å²) >= 11 is 0. The van der Waals surface area contributed by atoms with Crippen LogP contribution in [0.3, 0.4) is 0 Å². The molecule has 0 saturated carbocycles. The molecule has 1 heterocycles. The number of anilines is 1. The Kier molecular flexibility index (Phi) is 3.02. The first-order valence-corrected chi connectivity index (χ1v) is 6.38. The maximum absolute atomic E-state index is 11.8. The summed E-state index contributed by atoms with van der Waals surface area (Å²) in [6.45, 7) is 0. The number of hydrogen-bond donors (Lipinski definition) is 3. The van der Waals surface area contributed by atoms with E-state index in [0.29, 0.717) is 0 Å². The van der Waals surface area contributed by atoms with Crippen LogP contribution in [0.4, 0.5) is 5.69 Å². The first-order chi connectivity index (χ1) is 8.49. The maximum Gasteiger partial charge on any atom is 0.278 e. The lowest BCUT2D eigenvalue weighted by atomic mass is 10.2. The number of primary amides is 1. The van der Waals surface area contributed by atoms with Gasteiger partial charge in [0, 0.05) is 11.3 Å². The van der Waals surface area contributed by atoms with Crippen molar-refractivity contribution in [2.75, 3.05) is 4.72 Å². The highest BCUT2D eigenvalue weighted by Crippen LogP contribution is 2.15. The second-order valence-electron chi connectivity index (χ2n) is 3.47. The number of sulfonamides is 1. The highest BCUT2D eigenvalue weighted by Gasteiger charge is 2.15. The van der Waals surface area contributed by atoms with Gasteiger partial charge in [-0.25, -0.2) is 4.98 Å². The third kappa shape index (κ3) is 2.48. The Morgan fingerprint density at radius 1 is 1.39 bits per heavy atom. The normalized spacial score (nSPS) is 11.1. The SMILES string of the molecule is NC(=O)c1cccc(NS(=O)(=O)c2cnc[nH]2)c1. The molecule has 1 aromatic carbocycles. The van der Waals surface area contributed by atoms with Crippen molar-refractivity contribution in [3.8, 4) is 0 Å². The number of imidazole rings is 1. The maximum atomic E-state index is 11.8. The fourth-order valence-electron chi connectivity index (χ4n) is 1.34. The molecule has 1 aromatic heterocycles. The van der Waals surface area contributed by atoms with Gasteiger partial charge in [-0.1, -0.05) is 6.07 Å². The molecule has 0 atom stereocenters. The van der Waals surface area contributed by atoms with Crippen LogP contribution in [0.25, 0.3) is 0 Å². The number of amides is 1. The lowest BCUT2D eigenvalue weighted by molar-refractivity contribution is 0.100. The van der Waals surface area contributed by atoms with Gasteiger partial charge in [0.25, 0.3) is 10.0 Å². The summed E-state index contributed by atoms with van der Waals surface area (Å²) in [5.41, 5.74) is 5.58. The van der Waals surface area contributed by atoms with E-state index in [2.05, 4.69) is 14.7 Å². The third-order valence-electron chi connectivity index (χ3n) is 2.16. The predicted octanol–water partition coefficient (Wildman–Crippen LogP) is 0.309. The molecule has 1 amide bonds. The van der Waals surface area contributed by atoms with E-state index in [-0.39, 0.29) is 16.3 Å². The number of hydrogen-bond acceptors (Lipinski definition) is 4. The molecule has 0 fully saturated rings. The summed E-state index contributed by atoms with van der Waals surface area (Å²) in [6.07, 6.45) is 2.44. The lowest BCUT2D eigenvalue weighted by Gasteiger charge is -2.06. The van der Waals surface area contributed by atoms with Crippen molar-refractivity contribution in [3.05, 3.63) is 42.4 Å². The van der Waals surface area contributed by atoms with Gasteiger partial charge in [0.1, 0.15) is 0 Å². The molecule has 0 aliphatic heterocycles. The van der Waals surface area contributed by atoms with Gasteiger partial charge < -0.3 is 10.7 Å². The molecule has 4 N–H and O–H groups in total. The Morgan fingerprint density at radius 2 is 2.17 bits per heavy atom. The summed E-state index contributed by atoms with van der Waals surface area (Å²) in [4.78, 5) is 17.1. The number of benzene rings is 1. The molecular weight excluding hydrogens is 256 g/mol.